The van der Waals surface area contributed by atoms with Crippen LogP contribution in [0.15, 0.2) is 85.4 Å². The number of nitrogens with zero attached hydrogens (tertiary/aromatic N) is 2. The molecule has 0 N–H and O–H groups in total. The van der Waals surface area contributed by atoms with Crippen LogP contribution in [0.5, 0.6) is 0 Å². The summed E-state index contributed by atoms with van der Waals surface area (Å²) in [6.45, 7) is 0.0653. The molecule has 5 rings (SSSR count). The van der Waals surface area contributed by atoms with Crippen molar-refractivity contribution >= 4 is 22.1 Å². The Morgan fingerprint density at radius 2 is 1.76 bits per heavy atom. The van der Waals surface area contributed by atoms with Gasteiger partial charge in [-0.2, -0.15) is 0 Å². The first-order chi connectivity index (χ1) is 14.1. The zero-order chi connectivity index (χ0) is 20.0. The van der Waals surface area contributed by atoms with Crippen molar-refractivity contribution in [3.05, 3.63) is 105 Å². The van der Waals surface area contributed by atoms with Gasteiger partial charge in [0.15, 0.2) is 0 Å². The van der Waals surface area contributed by atoms with E-state index in [9.17, 15) is 14.0 Å². The van der Waals surface area contributed by atoms with Crippen LogP contribution in [0, 0.1) is 5.82 Å². The summed E-state index contributed by atoms with van der Waals surface area (Å²) >= 11 is 0. The van der Waals surface area contributed by atoms with Crippen molar-refractivity contribution in [3.8, 4) is 0 Å². The van der Waals surface area contributed by atoms with Crippen LogP contribution in [-0.4, -0.2) is 9.13 Å². The summed E-state index contributed by atoms with van der Waals surface area (Å²) in [4.78, 5) is 26.4. The van der Waals surface area contributed by atoms with E-state index >= 15 is 0 Å². The van der Waals surface area contributed by atoms with E-state index in [0.29, 0.717) is 27.8 Å². The lowest BCUT2D eigenvalue weighted by molar-refractivity contribution is 0.477. The lowest BCUT2D eigenvalue weighted by Crippen LogP contribution is -2.40. The fourth-order valence-corrected chi connectivity index (χ4v) is 3.56. The average Bonchev–Trinajstić information content (AvgIpc) is 3.36. The van der Waals surface area contributed by atoms with Crippen LogP contribution in [0.1, 0.15) is 11.3 Å². The fraction of sp³-hybridized carbons (Fsp3) is 0.0909. The Balaban J connectivity index is 1.82. The van der Waals surface area contributed by atoms with E-state index in [4.69, 9.17) is 8.83 Å². The minimum Gasteiger partial charge on any atom is -0.467 e. The molecule has 6 nitrogen and oxygen atoms in total. The molecule has 0 atom stereocenters. The van der Waals surface area contributed by atoms with E-state index in [1.54, 1.807) is 42.5 Å². The summed E-state index contributed by atoms with van der Waals surface area (Å²) in [6, 6.07) is 16.5. The molecule has 2 aromatic carbocycles. The maximum absolute atomic E-state index is 13.7. The highest BCUT2D eigenvalue weighted by Crippen LogP contribution is 2.26. The summed E-state index contributed by atoms with van der Waals surface area (Å²) in [5.74, 6) is 0.0738. The molecule has 7 heteroatoms. The normalized spacial score (nSPS) is 11.5. The topological polar surface area (TPSA) is 70.3 Å². The number of hydrogen-bond acceptors (Lipinski definition) is 4. The van der Waals surface area contributed by atoms with Crippen molar-refractivity contribution in [3.63, 3.8) is 0 Å². The predicted molar refractivity (Wildman–Crippen MR) is 106 cm³/mol. The van der Waals surface area contributed by atoms with E-state index in [1.807, 2.05) is 6.07 Å². The van der Waals surface area contributed by atoms with Gasteiger partial charge in [-0.05, 0) is 42.0 Å². The van der Waals surface area contributed by atoms with Crippen LogP contribution in [0.3, 0.4) is 0 Å². The molecule has 144 valence electrons. The van der Waals surface area contributed by atoms with Gasteiger partial charge < -0.3 is 8.83 Å². The minimum atomic E-state index is -0.534. The summed E-state index contributed by atoms with van der Waals surface area (Å²) in [5, 5.41) is 0.651. The maximum atomic E-state index is 13.7. The van der Waals surface area contributed by atoms with E-state index < -0.39 is 17.1 Å². The van der Waals surface area contributed by atoms with E-state index in [-0.39, 0.29) is 18.7 Å². The SMILES string of the molecule is O=c1c2oc3ccccc3c2n(Cc2cccc(F)c2)c(=O)n1Cc1ccco1. The van der Waals surface area contributed by atoms with Crippen LogP contribution in [0.2, 0.25) is 0 Å². The molecule has 3 aromatic heterocycles. The second-order valence-electron chi connectivity index (χ2n) is 6.75. The highest BCUT2D eigenvalue weighted by Gasteiger charge is 2.20. The van der Waals surface area contributed by atoms with Gasteiger partial charge in [0.05, 0.1) is 19.4 Å². The molecule has 0 aliphatic rings. The predicted octanol–water partition coefficient (Wildman–Crippen LogP) is 3.74. The Morgan fingerprint density at radius 1 is 0.897 bits per heavy atom. The zero-order valence-corrected chi connectivity index (χ0v) is 15.2. The van der Waals surface area contributed by atoms with Gasteiger partial charge in [0, 0.05) is 5.39 Å². The van der Waals surface area contributed by atoms with Crippen LogP contribution in [0.4, 0.5) is 4.39 Å². The third-order valence-corrected chi connectivity index (χ3v) is 4.86. The number of rotatable bonds is 4. The summed E-state index contributed by atoms with van der Waals surface area (Å²) in [5.41, 5.74) is 0.525. The van der Waals surface area contributed by atoms with Crippen molar-refractivity contribution in [2.75, 3.05) is 0 Å². The van der Waals surface area contributed by atoms with Gasteiger partial charge in [-0.15, -0.1) is 0 Å². The third kappa shape index (κ3) is 2.87. The van der Waals surface area contributed by atoms with Gasteiger partial charge >= 0.3 is 5.69 Å². The molecule has 0 fully saturated rings. The van der Waals surface area contributed by atoms with E-state index in [1.165, 1.54) is 23.0 Å². The Morgan fingerprint density at radius 3 is 2.55 bits per heavy atom. The van der Waals surface area contributed by atoms with Gasteiger partial charge in [0.1, 0.15) is 22.7 Å². The van der Waals surface area contributed by atoms with Crippen molar-refractivity contribution in [1.29, 1.82) is 0 Å². The molecule has 0 spiro atoms. The van der Waals surface area contributed by atoms with Crippen LogP contribution in [0.25, 0.3) is 22.1 Å². The number of benzene rings is 2. The number of hydrogen-bond donors (Lipinski definition) is 0. The molecular weight excluding hydrogens is 375 g/mol. The molecule has 3 heterocycles. The van der Waals surface area contributed by atoms with Crippen molar-refractivity contribution in [1.82, 2.24) is 9.13 Å². The Labute approximate surface area is 163 Å². The number of furan rings is 2. The summed E-state index contributed by atoms with van der Waals surface area (Å²) < 4.78 is 27.3. The molecule has 29 heavy (non-hydrogen) atoms. The summed E-state index contributed by atoms with van der Waals surface area (Å²) in [6.07, 6.45) is 1.48. The number of halogens is 1. The first kappa shape index (κ1) is 17.2. The van der Waals surface area contributed by atoms with Crippen molar-refractivity contribution in [2.45, 2.75) is 13.1 Å². The fourth-order valence-electron chi connectivity index (χ4n) is 3.56. The quantitative estimate of drug-likeness (QED) is 0.469. The Kier molecular flexibility index (Phi) is 3.94. The van der Waals surface area contributed by atoms with Crippen molar-refractivity contribution < 1.29 is 13.2 Å². The standard InChI is InChI=1S/C22H15FN2O4/c23-15-6-3-5-14(11-15)12-24-19-17-8-1-2-9-18(17)29-20(19)21(26)25(22(24)27)13-16-7-4-10-28-16/h1-11H,12-13H2. The van der Waals surface area contributed by atoms with Crippen LogP contribution < -0.4 is 11.2 Å². The number of aromatic nitrogens is 2. The molecule has 0 amide bonds. The summed E-state index contributed by atoms with van der Waals surface area (Å²) in [7, 11) is 0. The van der Waals surface area contributed by atoms with E-state index in [0.717, 1.165) is 4.57 Å². The molecule has 0 unspecified atom stereocenters. The highest BCUT2D eigenvalue weighted by molar-refractivity contribution is 6.02. The number of fused-ring (bicyclic) bond motifs is 3. The van der Waals surface area contributed by atoms with Crippen LogP contribution >= 0.6 is 0 Å². The van der Waals surface area contributed by atoms with Gasteiger partial charge in [-0.25, -0.2) is 13.8 Å². The molecule has 0 radical (unpaired) electrons. The smallest absolute Gasteiger partial charge is 0.332 e. The van der Waals surface area contributed by atoms with Crippen LogP contribution in [-0.2, 0) is 13.1 Å². The lowest BCUT2D eigenvalue weighted by Gasteiger charge is -2.11. The first-order valence-corrected chi connectivity index (χ1v) is 9.03. The Hall–Kier alpha value is -3.87. The van der Waals surface area contributed by atoms with Crippen molar-refractivity contribution in [2.24, 2.45) is 0 Å². The molecule has 0 aliphatic heterocycles. The van der Waals surface area contributed by atoms with Gasteiger partial charge in [0.25, 0.3) is 5.56 Å². The molecule has 0 aliphatic carbocycles. The molecule has 5 aromatic rings. The second kappa shape index (κ2) is 6.63. The maximum Gasteiger partial charge on any atom is 0.332 e. The molecule has 0 saturated heterocycles. The number of para-hydroxylation sites is 1. The first-order valence-electron chi connectivity index (χ1n) is 9.03. The highest BCUT2D eigenvalue weighted by atomic mass is 19.1. The average molecular weight is 390 g/mol. The van der Waals surface area contributed by atoms with Gasteiger partial charge in [-0.3, -0.25) is 9.36 Å². The third-order valence-electron chi connectivity index (χ3n) is 4.86. The molecular formula is C22H15FN2O4. The Bertz CT molecular complexity index is 1460. The zero-order valence-electron chi connectivity index (χ0n) is 15.2. The lowest BCUT2D eigenvalue weighted by atomic mass is 10.2. The molecule has 0 bridgehead atoms. The van der Waals surface area contributed by atoms with Gasteiger partial charge in [0.2, 0.25) is 5.58 Å². The molecule has 0 saturated carbocycles. The monoisotopic (exact) mass is 390 g/mol. The second-order valence-corrected chi connectivity index (χ2v) is 6.75. The van der Waals surface area contributed by atoms with Gasteiger partial charge in [-0.1, -0.05) is 24.3 Å². The minimum absolute atomic E-state index is 0.0270. The largest absolute Gasteiger partial charge is 0.467 e. The van der Waals surface area contributed by atoms with E-state index in [2.05, 4.69) is 0 Å².